The highest BCUT2D eigenvalue weighted by molar-refractivity contribution is 6.33. The number of hydrogen-bond donors (Lipinski definition) is 1. The van der Waals surface area contributed by atoms with Crippen molar-refractivity contribution >= 4 is 23.4 Å². The Kier molecular flexibility index (Phi) is 5.49. The highest BCUT2D eigenvalue weighted by Gasteiger charge is 2.13. The summed E-state index contributed by atoms with van der Waals surface area (Å²) >= 11 is 5.94. The fourth-order valence-corrected chi connectivity index (χ4v) is 2.11. The number of hydrogen-bond acceptors (Lipinski definition) is 3. The second-order valence-electron chi connectivity index (χ2n) is 4.77. The zero-order chi connectivity index (χ0) is 15.9. The number of halogens is 1. The standard InChI is InChI=1S/C16H16ClN3O2/c1-20(11-12-5-4-8-18-9-12)15(21)10-19-16(22)13-6-2-3-7-14(13)17/h2-9H,10-11H2,1H3,(H,19,22). The van der Waals surface area contributed by atoms with Crippen molar-refractivity contribution in [3.8, 4) is 0 Å². The van der Waals surface area contributed by atoms with Gasteiger partial charge in [0.05, 0.1) is 17.1 Å². The maximum atomic E-state index is 12.0. The van der Waals surface area contributed by atoms with Crippen molar-refractivity contribution in [2.24, 2.45) is 0 Å². The predicted molar refractivity (Wildman–Crippen MR) is 84.5 cm³/mol. The Balaban J connectivity index is 1.87. The van der Waals surface area contributed by atoms with Gasteiger partial charge in [-0.3, -0.25) is 14.6 Å². The van der Waals surface area contributed by atoms with Crippen molar-refractivity contribution in [3.63, 3.8) is 0 Å². The molecule has 1 heterocycles. The molecule has 0 aliphatic rings. The second-order valence-corrected chi connectivity index (χ2v) is 5.18. The van der Waals surface area contributed by atoms with Crippen LogP contribution in [-0.4, -0.2) is 35.3 Å². The first kappa shape index (κ1) is 16.0. The van der Waals surface area contributed by atoms with Crippen molar-refractivity contribution < 1.29 is 9.59 Å². The van der Waals surface area contributed by atoms with Gasteiger partial charge in [0.15, 0.2) is 0 Å². The maximum Gasteiger partial charge on any atom is 0.253 e. The second kappa shape index (κ2) is 7.56. The third-order valence-electron chi connectivity index (χ3n) is 3.09. The molecule has 2 amide bonds. The van der Waals surface area contributed by atoms with E-state index in [0.717, 1.165) is 5.56 Å². The molecule has 1 aromatic carbocycles. The normalized spacial score (nSPS) is 10.1. The number of likely N-dealkylation sites (N-methyl/N-ethyl adjacent to an activating group) is 1. The summed E-state index contributed by atoms with van der Waals surface area (Å²) in [6, 6.07) is 10.4. The van der Waals surface area contributed by atoms with E-state index < -0.39 is 0 Å². The van der Waals surface area contributed by atoms with Crippen LogP contribution in [0.15, 0.2) is 48.8 Å². The van der Waals surface area contributed by atoms with Gasteiger partial charge in [-0.2, -0.15) is 0 Å². The molecule has 2 rings (SSSR count). The quantitative estimate of drug-likeness (QED) is 0.919. The lowest BCUT2D eigenvalue weighted by atomic mass is 10.2. The summed E-state index contributed by atoms with van der Waals surface area (Å²) in [7, 11) is 1.68. The molecular weight excluding hydrogens is 302 g/mol. The summed E-state index contributed by atoms with van der Waals surface area (Å²) in [5, 5.41) is 2.93. The maximum absolute atomic E-state index is 12.0. The van der Waals surface area contributed by atoms with E-state index >= 15 is 0 Å². The van der Waals surface area contributed by atoms with Crippen LogP contribution in [0.5, 0.6) is 0 Å². The topological polar surface area (TPSA) is 62.3 Å². The first-order valence-electron chi connectivity index (χ1n) is 6.73. The number of pyridine rings is 1. The van der Waals surface area contributed by atoms with Crippen molar-refractivity contribution in [2.75, 3.05) is 13.6 Å². The molecule has 2 aromatic rings. The Labute approximate surface area is 133 Å². The van der Waals surface area contributed by atoms with Gasteiger partial charge >= 0.3 is 0 Å². The molecule has 0 saturated carbocycles. The summed E-state index contributed by atoms with van der Waals surface area (Å²) in [6.07, 6.45) is 3.38. The van der Waals surface area contributed by atoms with Gasteiger partial charge in [-0.05, 0) is 23.8 Å². The fraction of sp³-hybridized carbons (Fsp3) is 0.188. The molecule has 0 aliphatic heterocycles. The molecule has 0 unspecified atom stereocenters. The Morgan fingerprint density at radius 1 is 1.23 bits per heavy atom. The van der Waals surface area contributed by atoms with E-state index in [2.05, 4.69) is 10.3 Å². The number of rotatable bonds is 5. The Bertz CT molecular complexity index is 661. The zero-order valence-corrected chi connectivity index (χ0v) is 12.9. The van der Waals surface area contributed by atoms with Crippen LogP contribution < -0.4 is 5.32 Å². The SMILES string of the molecule is CN(Cc1cccnc1)C(=O)CNC(=O)c1ccccc1Cl. The van der Waals surface area contributed by atoms with Crippen molar-refractivity contribution in [1.29, 1.82) is 0 Å². The Hall–Kier alpha value is -2.40. The van der Waals surface area contributed by atoms with Crippen LogP contribution in [0.1, 0.15) is 15.9 Å². The minimum absolute atomic E-state index is 0.0825. The van der Waals surface area contributed by atoms with Crippen molar-refractivity contribution in [3.05, 3.63) is 64.9 Å². The molecule has 1 aromatic heterocycles. The number of nitrogens with one attached hydrogen (secondary N) is 1. The Morgan fingerprint density at radius 3 is 2.68 bits per heavy atom. The molecule has 0 fully saturated rings. The fourth-order valence-electron chi connectivity index (χ4n) is 1.89. The van der Waals surface area contributed by atoms with E-state index in [-0.39, 0.29) is 18.4 Å². The van der Waals surface area contributed by atoms with Gasteiger partial charge in [-0.1, -0.05) is 29.8 Å². The summed E-state index contributed by atoms with van der Waals surface area (Å²) in [4.78, 5) is 29.5. The number of aromatic nitrogens is 1. The third kappa shape index (κ3) is 4.30. The molecule has 5 nitrogen and oxygen atoms in total. The molecule has 1 N–H and O–H groups in total. The lowest BCUT2D eigenvalue weighted by Gasteiger charge is -2.17. The zero-order valence-electron chi connectivity index (χ0n) is 12.1. The van der Waals surface area contributed by atoms with E-state index in [1.54, 1.807) is 43.7 Å². The first-order chi connectivity index (χ1) is 10.6. The van der Waals surface area contributed by atoms with Crippen molar-refractivity contribution in [2.45, 2.75) is 6.54 Å². The van der Waals surface area contributed by atoms with E-state index in [0.29, 0.717) is 17.1 Å². The first-order valence-corrected chi connectivity index (χ1v) is 7.11. The smallest absolute Gasteiger partial charge is 0.253 e. The Morgan fingerprint density at radius 2 is 2.00 bits per heavy atom. The summed E-state index contributed by atoms with van der Waals surface area (Å²) in [5.41, 5.74) is 1.28. The van der Waals surface area contributed by atoms with Gasteiger partial charge in [0.25, 0.3) is 5.91 Å². The van der Waals surface area contributed by atoms with Gasteiger partial charge in [0.1, 0.15) is 0 Å². The van der Waals surface area contributed by atoms with Crippen LogP contribution >= 0.6 is 11.6 Å². The van der Waals surface area contributed by atoms with E-state index in [9.17, 15) is 9.59 Å². The molecule has 0 aliphatic carbocycles. The van der Waals surface area contributed by atoms with E-state index in [1.165, 1.54) is 4.90 Å². The summed E-state index contributed by atoms with van der Waals surface area (Å²) < 4.78 is 0. The average molecular weight is 318 g/mol. The average Bonchev–Trinajstić information content (AvgIpc) is 2.53. The molecule has 6 heteroatoms. The summed E-state index contributed by atoms with van der Waals surface area (Å²) in [6.45, 7) is 0.357. The molecule has 114 valence electrons. The minimum Gasteiger partial charge on any atom is -0.343 e. The largest absolute Gasteiger partial charge is 0.343 e. The van der Waals surface area contributed by atoms with Gasteiger partial charge in [0, 0.05) is 26.0 Å². The number of amides is 2. The number of nitrogens with zero attached hydrogens (tertiary/aromatic N) is 2. The van der Waals surface area contributed by atoms with Crippen LogP contribution in [0.25, 0.3) is 0 Å². The van der Waals surface area contributed by atoms with Gasteiger partial charge in [0.2, 0.25) is 5.91 Å². The lowest BCUT2D eigenvalue weighted by molar-refractivity contribution is -0.129. The molecule has 0 saturated heterocycles. The molecule has 0 atom stereocenters. The van der Waals surface area contributed by atoms with Gasteiger partial charge in [-0.15, -0.1) is 0 Å². The van der Waals surface area contributed by atoms with Crippen molar-refractivity contribution in [1.82, 2.24) is 15.2 Å². The van der Waals surface area contributed by atoms with Crippen LogP contribution in [0.3, 0.4) is 0 Å². The summed E-state index contributed by atoms with van der Waals surface area (Å²) in [5.74, 6) is -0.557. The van der Waals surface area contributed by atoms with Crippen LogP contribution in [-0.2, 0) is 11.3 Å². The highest BCUT2D eigenvalue weighted by atomic mass is 35.5. The lowest BCUT2D eigenvalue weighted by Crippen LogP contribution is -2.37. The highest BCUT2D eigenvalue weighted by Crippen LogP contribution is 2.14. The van der Waals surface area contributed by atoms with E-state index in [1.807, 2.05) is 12.1 Å². The monoisotopic (exact) mass is 317 g/mol. The van der Waals surface area contributed by atoms with Gasteiger partial charge in [-0.25, -0.2) is 0 Å². The van der Waals surface area contributed by atoms with Crippen LogP contribution in [0.4, 0.5) is 0 Å². The number of benzene rings is 1. The molecule has 0 radical (unpaired) electrons. The van der Waals surface area contributed by atoms with Crippen LogP contribution in [0.2, 0.25) is 5.02 Å². The number of carbonyl (C=O) groups is 2. The molecule has 0 bridgehead atoms. The molecule has 0 spiro atoms. The van der Waals surface area contributed by atoms with Crippen LogP contribution in [0, 0.1) is 0 Å². The predicted octanol–water partition coefficient (Wildman–Crippen LogP) is 2.12. The third-order valence-corrected chi connectivity index (χ3v) is 3.42. The molecular formula is C16H16ClN3O2. The number of carbonyl (C=O) groups excluding carboxylic acids is 2. The minimum atomic E-state index is -0.367. The molecule has 22 heavy (non-hydrogen) atoms. The van der Waals surface area contributed by atoms with E-state index in [4.69, 9.17) is 11.6 Å². The van der Waals surface area contributed by atoms with Gasteiger partial charge < -0.3 is 10.2 Å².